The molecular formula is C20H26IN3O2. The second-order valence-corrected chi connectivity index (χ2v) is 6.14. The number of hydrogen-bond donors (Lipinski definition) is 2. The predicted octanol–water partition coefficient (Wildman–Crippen LogP) is 3.93. The smallest absolute Gasteiger partial charge is 0.193 e. The van der Waals surface area contributed by atoms with E-state index in [2.05, 4.69) is 28.5 Å². The minimum Gasteiger partial charge on any atom is -0.381 e. The van der Waals surface area contributed by atoms with Gasteiger partial charge in [-0.05, 0) is 36.1 Å². The molecule has 6 heteroatoms. The topological polar surface area (TPSA) is 68.9 Å². The van der Waals surface area contributed by atoms with E-state index in [9.17, 15) is 0 Å². The highest BCUT2D eigenvalue weighted by Gasteiger charge is 2.13. The van der Waals surface area contributed by atoms with Gasteiger partial charge in [-0.3, -0.25) is 0 Å². The van der Waals surface area contributed by atoms with E-state index in [0.717, 1.165) is 42.9 Å². The van der Waals surface area contributed by atoms with Gasteiger partial charge in [0, 0.05) is 18.9 Å². The zero-order chi connectivity index (χ0) is 17.3. The first kappa shape index (κ1) is 20.7. The molecule has 1 fully saturated rings. The van der Waals surface area contributed by atoms with Gasteiger partial charge in [-0.15, -0.1) is 24.0 Å². The van der Waals surface area contributed by atoms with Crippen LogP contribution in [0.5, 0.6) is 0 Å². The number of hydrogen-bond acceptors (Lipinski definition) is 3. The Labute approximate surface area is 172 Å². The third kappa shape index (κ3) is 6.93. The maximum absolute atomic E-state index is 5.98. The Morgan fingerprint density at radius 3 is 2.58 bits per heavy atom. The first-order valence-electron chi connectivity index (χ1n) is 8.69. The molecule has 1 aliphatic rings. The number of benzene rings is 2. The van der Waals surface area contributed by atoms with Crippen molar-refractivity contribution in [2.75, 3.05) is 18.5 Å². The fraction of sp³-hybridized carbons (Fsp3) is 0.350. The zero-order valence-electron chi connectivity index (χ0n) is 14.8. The lowest BCUT2D eigenvalue weighted by Crippen LogP contribution is -2.23. The molecule has 140 valence electrons. The summed E-state index contributed by atoms with van der Waals surface area (Å²) in [6.45, 7) is 2.76. The van der Waals surface area contributed by atoms with E-state index < -0.39 is 0 Å². The van der Waals surface area contributed by atoms with Gasteiger partial charge in [0.25, 0.3) is 0 Å². The SMILES string of the molecule is I.NC(=NCc1cccc(COC2CCOCC2)c1)Nc1ccccc1. The second kappa shape index (κ2) is 11.2. The number of aliphatic imine (C=N–C) groups is 1. The van der Waals surface area contributed by atoms with Crippen molar-refractivity contribution in [3.05, 3.63) is 65.7 Å². The number of guanidine groups is 1. The number of anilines is 1. The van der Waals surface area contributed by atoms with Crippen molar-refractivity contribution in [3.8, 4) is 0 Å². The molecule has 0 aromatic heterocycles. The van der Waals surface area contributed by atoms with Crippen molar-refractivity contribution in [3.63, 3.8) is 0 Å². The first-order valence-corrected chi connectivity index (χ1v) is 8.69. The van der Waals surface area contributed by atoms with Gasteiger partial charge in [0.2, 0.25) is 0 Å². The van der Waals surface area contributed by atoms with Crippen LogP contribution < -0.4 is 11.1 Å². The maximum atomic E-state index is 5.98. The van der Waals surface area contributed by atoms with Crippen LogP contribution >= 0.6 is 24.0 Å². The molecule has 0 radical (unpaired) electrons. The van der Waals surface area contributed by atoms with Crippen LogP contribution in [0.4, 0.5) is 5.69 Å². The Morgan fingerprint density at radius 1 is 1.08 bits per heavy atom. The van der Waals surface area contributed by atoms with Crippen molar-refractivity contribution < 1.29 is 9.47 Å². The Morgan fingerprint density at radius 2 is 1.81 bits per heavy atom. The number of ether oxygens (including phenoxy) is 2. The van der Waals surface area contributed by atoms with Gasteiger partial charge < -0.3 is 20.5 Å². The van der Waals surface area contributed by atoms with E-state index in [-0.39, 0.29) is 24.0 Å². The molecule has 1 heterocycles. The van der Waals surface area contributed by atoms with Gasteiger partial charge in [-0.1, -0.05) is 42.5 Å². The molecule has 2 aromatic carbocycles. The summed E-state index contributed by atoms with van der Waals surface area (Å²) in [6.07, 6.45) is 2.26. The van der Waals surface area contributed by atoms with Crippen LogP contribution in [-0.2, 0) is 22.6 Å². The molecule has 3 N–H and O–H groups in total. The minimum atomic E-state index is 0. The second-order valence-electron chi connectivity index (χ2n) is 6.14. The zero-order valence-corrected chi connectivity index (χ0v) is 17.1. The minimum absolute atomic E-state index is 0. The standard InChI is InChI=1S/C20H25N3O2.HI/c21-20(23-18-7-2-1-3-8-18)22-14-16-5-4-6-17(13-16)15-25-19-9-11-24-12-10-19;/h1-8,13,19H,9-12,14-15H2,(H3,21,22,23);1H. The van der Waals surface area contributed by atoms with Crippen molar-refractivity contribution in [1.29, 1.82) is 0 Å². The van der Waals surface area contributed by atoms with Gasteiger partial charge in [-0.25, -0.2) is 4.99 Å². The summed E-state index contributed by atoms with van der Waals surface area (Å²) in [5.41, 5.74) is 9.16. The fourth-order valence-corrected chi connectivity index (χ4v) is 2.76. The Balaban J connectivity index is 0.00000243. The van der Waals surface area contributed by atoms with E-state index in [1.54, 1.807) is 0 Å². The number of halogens is 1. The van der Waals surface area contributed by atoms with E-state index in [4.69, 9.17) is 15.2 Å². The fourth-order valence-electron chi connectivity index (χ4n) is 2.76. The molecule has 26 heavy (non-hydrogen) atoms. The average molecular weight is 467 g/mol. The van der Waals surface area contributed by atoms with Crippen LogP contribution in [0.2, 0.25) is 0 Å². The highest BCUT2D eigenvalue weighted by Crippen LogP contribution is 2.14. The molecule has 0 atom stereocenters. The van der Waals surface area contributed by atoms with E-state index in [1.807, 2.05) is 36.4 Å². The molecule has 2 aromatic rings. The molecule has 0 amide bonds. The van der Waals surface area contributed by atoms with Crippen molar-refractivity contribution >= 4 is 35.6 Å². The summed E-state index contributed by atoms with van der Waals surface area (Å²) >= 11 is 0. The summed E-state index contributed by atoms with van der Waals surface area (Å²) in [6, 6.07) is 18.1. The molecule has 5 nitrogen and oxygen atoms in total. The Bertz CT molecular complexity index is 688. The molecule has 0 unspecified atom stereocenters. The Hall–Kier alpha value is -1.64. The van der Waals surface area contributed by atoms with Crippen molar-refractivity contribution in [1.82, 2.24) is 0 Å². The van der Waals surface area contributed by atoms with Crippen LogP contribution in [0.1, 0.15) is 24.0 Å². The molecule has 0 bridgehead atoms. The third-order valence-electron chi connectivity index (χ3n) is 4.12. The number of rotatable bonds is 6. The summed E-state index contributed by atoms with van der Waals surface area (Å²) in [5.74, 6) is 0.412. The first-order chi connectivity index (χ1) is 12.3. The lowest BCUT2D eigenvalue weighted by molar-refractivity contribution is -0.0390. The van der Waals surface area contributed by atoms with Crippen molar-refractivity contribution in [2.24, 2.45) is 10.7 Å². The monoisotopic (exact) mass is 467 g/mol. The van der Waals surface area contributed by atoms with Gasteiger partial charge in [0.15, 0.2) is 5.96 Å². The molecule has 0 aliphatic carbocycles. The lowest BCUT2D eigenvalue weighted by atomic mass is 10.1. The van der Waals surface area contributed by atoms with Crippen LogP contribution in [-0.4, -0.2) is 25.3 Å². The summed E-state index contributed by atoms with van der Waals surface area (Å²) < 4.78 is 11.3. The molecule has 1 saturated heterocycles. The van der Waals surface area contributed by atoms with E-state index in [1.165, 1.54) is 0 Å². The van der Waals surface area contributed by atoms with Crippen LogP contribution in [0.15, 0.2) is 59.6 Å². The van der Waals surface area contributed by atoms with Gasteiger partial charge in [0.05, 0.1) is 19.3 Å². The highest BCUT2D eigenvalue weighted by atomic mass is 127. The largest absolute Gasteiger partial charge is 0.381 e. The molecule has 0 saturated carbocycles. The quantitative estimate of drug-likeness (QED) is 0.384. The Kier molecular flexibility index (Phi) is 8.87. The summed E-state index contributed by atoms with van der Waals surface area (Å²) in [4.78, 5) is 4.41. The average Bonchev–Trinajstić information content (AvgIpc) is 2.67. The third-order valence-corrected chi connectivity index (χ3v) is 4.12. The van der Waals surface area contributed by atoms with Gasteiger partial charge in [-0.2, -0.15) is 0 Å². The number of nitrogens with one attached hydrogen (secondary N) is 1. The number of para-hydroxylation sites is 1. The predicted molar refractivity (Wildman–Crippen MR) is 116 cm³/mol. The van der Waals surface area contributed by atoms with Gasteiger partial charge in [0.1, 0.15) is 0 Å². The number of nitrogens with two attached hydrogens (primary N) is 1. The molecule has 3 rings (SSSR count). The van der Waals surface area contributed by atoms with E-state index in [0.29, 0.717) is 25.2 Å². The van der Waals surface area contributed by atoms with Gasteiger partial charge >= 0.3 is 0 Å². The van der Waals surface area contributed by atoms with Crippen LogP contribution in [0.3, 0.4) is 0 Å². The summed E-state index contributed by atoms with van der Waals surface area (Å²) in [5, 5.41) is 3.09. The lowest BCUT2D eigenvalue weighted by Gasteiger charge is -2.22. The van der Waals surface area contributed by atoms with Crippen molar-refractivity contribution in [2.45, 2.75) is 32.1 Å². The normalized spacial score (nSPS) is 15.3. The molecule has 0 spiro atoms. The summed E-state index contributed by atoms with van der Waals surface area (Å²) in [7, 11) is 0. The maximum Gasteiger partial charge on any atom is 0.193 e. The highest BCUT2D eigenvalue weighted by molar-refractivity contribution is 14.0. The van der Waals surface area contributed by atoms with Crippen LogP contribution in [0, 0.1) is 0 Å². The molecule has 1 aliphatic heterocycles. The molecular weight excluding hydrogens is 441 g/mol. The van der Waals surface area contributed by atoms with E-state index >= 15 is 0 Å². The number of nitrogens with zero attached hydrogens (tertiary/aromatic N) is 1. The van der Waals surface area contributed by atoms with Crippen LogP contribution in [0.25, 0.3) is 0 Å².